The molecule has 6 N–H and O–H groups in total. The molecule has 274 valence electrons. The Hall–Kier alpha value is -4.55. The fourth-order valence-electron chi connectivity index (χ4n) is 3.56. The quantitative estimate of drug-likeness (QED) is 0.0428. The molecule has 0 aliphatic rings. The second-order valence-corrected chi connectivity index (χ2v) is 15.3. The van der Waals surface area contributed by atoms with E-state index in [4.69, 9.17) is 76.6 Å². The maximum atomic E-state index is 12.0. The van der Waals surface area contributed by atoms with Crippen molar-refractivity contribution < 1.29 is 38.2 Å². The number of ether oxygens (including phenoxy) is 2. The molecule has 0 amide bonds. The second-order valence-electron chi connectivity index (χ2n) is 11.6. The largest absolute Gasteiger partial charge is 0.480 e. The maximum absolute atomic E-state index is 12.0. The zero-order valence-corrected chi connectivity index (χ0v) is 30.9. The van der Waals surface area contributed by atoms with Gasteiger partial charge >= 0.3 is 11.7 Å². The van der Waals surface area contributed by atoms with Gasteiger partial charge in [-0.2, -0.15) is 4.68 Å². The number of aliphatic carboxylic acids is 1. The van der Waals surface area contributed by atoms with Crippen LogP contribution in [0.3, 0.4) is 0 Å². The van der Waals surface area contributed by atoms with Crippen LogP contribution >= 0.6 is 42.2 Å². The van der Waals surface area contributed by atoms with E-state index in [1.807, 2.05) is 26.8 Å². The van der Waals surface area contributed by atoms with Crippen molar-refractivity contribution >= 4 is 59.5 Å². The van der Waals surface area contributed by atoms with E-state index in [9.17, 15) is 24.3 Å². The third-order valence-corrected chi connectivity index (χ3v) is 8.27. The number of carboxylic acids is 1. The highest BCUT2D eigenvalue weighted by Crippen LogP contribution is 2.39. The van der Waals surface area contributed by atoms with Gasteiger partial charge in [-0.05, 0) is 30.7 Å². The van der Waals surface area contributed by atoms with Crippen molar-refractivity contribution in [2.24, 2.45) is 5.73 Å². The Labute approximate surface area is 307 Å². The highest BCUT2D eigenvalue weighted by Gasteiger charge is 2.24. The molecule has 4 aromatic rings. The Balaban J connectivity index is 0.000000281. The number of aromatic nitrogens is 2. The molecule has 19 heteroatoms. The molecule has 0 saturated heterocycles. The van der Waals surface area contributed by atoms with Gasteiger partial charge < -0.3 is 35.4 Å². The number of benzene rings is 3. The van der Waals surface area contributed by atoms with Gasteiger partial charge in [0.25, 0.3) is 5.69 Å². The number of nitrogens with zero attached hydrogens (tertiary/aromatic N) is 3. The van der Waals surface area contributed by atoms with Crippen LogP contribution in [0.5, 0.6) is 17.2 Å². The van der Waals surface area contributed by atoms with Crippen LogP contribution in [0.15, 0.2) is 63.8 Å². The lowest BCUT2D eigenvalue weighted by Gasteiger charge is -2.11. The molecule has 0 spiro atoms. The van der Waals surface area contributed by atoms with Crippen LogP contribution in [0.4, 0.5) is 11.4 Å². The normalized spacial score (nSPS) is 12.5. The van der Waals surface area contributed by atoms with Gasteiger partial charge in [0.1, 0.15) is 40.6 Å². The van der Waals surface area contributed by atoms with Crippen molar-refractivity contribution in [1.82, 2.24) is 9.78 Å². The smallest absolute Gasteiger partial charge is 0.442 e. The van der Waals surface area contributed by atoms with Gasteiger partial charge in [0, 0.05) is 30.4 Å². The second kappa shape index (κ2) is 18.6. The molecule has 51 heavy (non-hydrogen) atoms. The highest BCUT2D eigenvalue weighted by molar-refractivity contribution is 7.57. The number of carboxylic acid groups (broad SMARTS) is 1. The molecule has 0 fully saturated rings. The summed E-state index contributed by atoms with van der Waals surface area (Å²) in [5, 5.41) is 23.7. The summed E-state index contributed by atoms with van der Waals surface area (Å²) in [7, 11) is -3.10. The number of hydrogen-bond donors (Lipinski definition) is 4. The molecule has 0 radical (unpaired) electrons. The predicted octanol–water partition coefficient (Wildman–Crippen LogP) is 6.75. The standard InChI is InChI=1S/C15H14Cl2N2O3.C12H9ClN2O3.C5H12NO4P/c1-5-6-21-12-8-11(9(16)7-10(12)17)19-14(20)22-13(18-19)15(2,3)4;13-11-10(18-8-4-2-1-3-5-8)7-6-9(12(11)14)15(16)17;1-11(9,10)3-2-4(6)5(7)8/h1,7-8H,6H2,2-4H3;1-7H,14H2;4H,2-3,6H2,1H3,(H,7,8)(H,9,10). The summed E-state index contributed by atoms with van der Waals surface area (Å²) in [6, 6.07) is 13.6. The summed E-state index contributed by atoms with van der Waals surface area (Å²) in [5.41, 5.74) is 10.2. The number of nitrogens with two attached hydrogens (primary N) is 2. The molecule has 0 aliphatic heterocycles. The van der Waals surface area contributed by atoms with Gasteiger partial charge in [0.15, 0.2) is 7.37 Å². The minimum Gasteiger partial charge on any atom is -0.480 e. The third kappa shape index (κ3) is 13.3. The van der Waals surface area contributed by atoms with Crippen LogP contribution in [-0.2, 0) is 14.8 Å². The molecule has 1 aromatic heterocycles. The molecule has 4 rings (SSSR count). The van der Waals surface area contributed by atoms with Crippen LogP contribution in [-0.4, -0.2) is 56.1 Å². The molecule has 1 heterocycles. The molecule has 3 aromatic carbocycles. The molecular formula is C32H35Cl3N5O10P. The molecule has 2 unspecified atom stereocenters. The summed E-state index contributed by atoms with van der Waals surface area (Å²) in [4.78, 5) is 41.0. The van der Waals surface area contributed by atoms with Crippen molar-refractivity contribution in [1.29, 1.82) is 0 Å². The minimum atomic E-state index is -3.10. The SMILES string of the molecule is C#CCOc1cc(-n2nc(C(C)(C)C)oc2=O)c(Cl)cc1Cl.CP(=O)(O)CCC(N)C(=O)O.Nc1c([N+](=O)[O-])ccc(Oc2ccccc2)c1Cl. The first-order valence-electron chi connectivity index (χ1n) is 14.6. The van der Waals surface area contributed by atoms with Gasteiger partial charge in [0.05, 0.1) is 20.7 Å². The minimum absolute atomic E-state index is 0.0352. The summed E-state index contributed by atoms with van der Waals surface area (Å²) in [6.07, 6.45) is 5.15. The van der Waals surface area contributed by atoms with E-state index in [0.717, 1.165) is 4.68 Å². The fourth-order valence-corrected chi connectivity index (χ4v) is 5.04. The van der Waals surface area contributed by atoms with Gasteiger partial charge in [-0.15, -0.1) is 11.5 Å². The Bertz CT molecular complexity index is 1990. The van der Waals surface area contributed by atoms with Gasteiger partial charge in [-0.3, -0.25) is 19.5 Å². The number of nitro groups is 1. The number of para-hydroxylation sites is 1. The zero-order valence-electron chi connectivity index (χ0n) is 27.7. The average Bonchev–Trinajstić information content (AvgIpc) is 3.44. The number of nitro benzene ring substituents is 1. The van der Waals surface area contributed by atoms with E-state index in [0.29, 0.717) is 23.1 Å². The first kappa shape index (κ1) is 42.6. The van der Waals surface area contributed by atoms with Crippen molar-refractivity contribution in [2.45, 2.75) is 38.6 Å². The number of rotatable bonds is 10. The Morgan fingerprint density at radius 2 is 1.78 bits per heavy atom. The van der Waals surface area contributed by atoms with E-state index in [1.54, 1.807) is 24.3 Å². The monoisotopic (exact) mass is 785 g/mol. The van der Waals surface area contributed by atoms with Crippen molar-refractivity contribution in [2.75, 3.05) is 25.2 Å². The van der Waals surface area contributed by atoms with Crippen molar-refractivity contribution in [3.8, 4) is 35.3 Å². The lowest BCUT2D eigenvalue weighted by atomic mass is 9.97. The molecule has 2 atom stereocenters. The number of anilines is 1. The lowest BCUT2D eigenvalue weighted by Crippen LogP contribution is -2.30. The Kier molecular flexibility index (Phi) is 15.6. The average molecular weight is 787 g/mol. The van der Waals surface area contributed by atoms with Crippen LogP contribution < -0.4 is 26.7 Å². The molecular weight excluding hydrogens is 752 g/mol. The van der Waals surface area contributed by atoms with Crippen molar-refractivity contribution in [3.63, 3.8) is 0 Å². The van der Waals surface area contributed by atoms with Crippen LogP contribution in [0, 0.1) is 22.5 Å². The number of carbonyl (C=O) groups is 1. The van der Waals surface area contributed by atoms with Gasteiger partial charge in [0.2, 0.25) is 5.89 Å². The topological polar surface area (TPSA) is 236 Å². The van der Waals surface area contributed by atoms with Gasteiger partial charge in [-0.25, -0.2) is 4.79 Å². The number of terminal acetylenes is 1. The van der Waals surface area contributed by atoms with Crippen LogP contribution in [0.1, 0.15) is 33.1 Å². The predicted molar refractivity (Wildman–Crippen MR) is 195 cm³/mol. The summed E-state index contributed by atoms with van der Waals surface area (Å²) in [5.74, 6) is 2.03. The summed E-state index contributed by atoms with van der Waals surface area (Å²) >= 11 is 18.1. The fraction of sp³-hybridized carbons (Fsp3) is 0.281. The molecule has 15 nitrogen and oxygen atoms in total. The van der Waals surface area contributed by atoms with E-state index in [1.165, 1.54) is 30.9 Å². The highest BCUT2D eigenvalue weighted by atomic mass is 35.5. The first-order chi connectivity index (χ1) is 23.7. The van der Waals surface area contributed by atoms with E-state index in [-0.39, 0.29) is 51.4 Å². The van der Waals surface area contributed by atoms with Gasteiger partial charge in [-0.1, -0.05) is 79.7 Å². The summed E-state index contributed by atoms with van der Waals surface area (Å²) in [6.45, 7) is 6.87. The molecule has 0 bridgehead atoms. The first-order valence-corrected chi connectivity index (χ1v) is 18.0. The van der Waals surface area contributed by atoms with Crippen LogP contribution in [0.2, 0.25) is 15.1 Å². The number of hydrogen-bond acceptors (Lipinski definition) is 11. The van der Waals surface area contributed by atoms with E-state index < -0.39 is 35.5 Å². The van der Waals surface area contributed by atoms with Crippen LogP contribution in [0.25, 0.3) is 5.69 Å². The Morgan fingerprint density at radius 1 is 1.16 bits per heavy atom. The third-order valence-electron chi connectivity index (χ3n) is 6.19. The molecule has 0 aliphatic carbocycles. The Morgan fingerprint density at radius 3 is 2.29 bits per heavy atom. The van der Waals surface area contributed by atoms with E-state index in [2.05, 4.69) is 11.0 Å². The summed E-state index contributed by atoms with van der Waals surface area (Å²) < 4.78 is 27.7. The maximum Gasteiger partial charge on any atom is 0.442 e. The van der Waals surface area contributed by atoms with E-state index >= 15 is 0 Å². The zero-order chi connectivity index (χ0) is 38.7. The number of halogens is 3. The molecule has 0 saturated carbocycles. The lowest BCUT2D eigenvalue weighted by molar-refractivity contribution is -0.383. The van der Waals surface area contributed by atoms with Crippen molar-refractivity contribution in [3.05, 3.63) is 96.2 Å². The number of nitrogen functional groups attached to an aromatic ring is 1.